The average Bonchev–Trinajstić information content (AvgIpc) is 3.35. The van der Waals surface area contributed by atoms with E-state index in [4.69, 9.17) is 4.74 Å². The fourth-order valence-electron chi connectivity index (χ4n) is 3.47. The normalized spacial score (nSPS) is 17.2. The Bertz CT molecular complexity index is 906. The fraction of sp³-hybridized carbons (Fsp3) is 0.400. The standard InChI is InChI=1S/C20H22N2O2S2/c1-13-10-16(14(2)22(13)11-15-6-5-9-24-15)18(23)12-25-20-21-17-7-3-4-8-19(17)26-20/h3-4,7-8,10,15H,5-6,9,11-12H2,1-2H3/t15-/m0/s1. The van der Waals surface area contributed by atoms with Crippen LogP contribution < -0.4 is 0 Å². The van der Waals surface area contributed by atoms with E-state index < -0.39 is 0 Å². The molecule has 136 valence electrons. The molecule has 3 aromatic rings. The number of ether oxygens (including phenoxy) is 1. The number of carbonyl (C=O) groups excluding carboxylic acids is 1. The van der Waals surface area contributed by atoms with E-state index in [0.717, 1.165) is 57.5 Å². The zero-order valence-corrected chi connectivity index (χ0v) is 16.7. The van der Waals surface area contributed by atoms with Crippen molar-refractivity contribution in [3.05, 3.63) is 47.3 Å². The first-order valence-corrected chi connectivity index (χ1v) is 10.7. The molecule has 0 N–H and O–H groups in total. The van der Waals surface area contributed by atoms with Crippen molar-refractivity contribution >= 4 is 39.1 Å². The van der Waals surface area contributed by atoms with Crippen molar-refractivity contribution in [2.45, 2.75) is 43.7 Å². The highest BCUT2D eigenvalue weighted by molar-refractivity contribution is 8.01. The summed E-state index contributed by atoms with van der Waals surface area (Å²) in [4.78, 5) is 17.4. The molecule has 0 spiro atoms. The number of hydrogen-bond acceptors (Lipinski definition) is 5. The summed E-state index contributed by atoms with van der Waals surface area (Å²) in [7, 11) is 0. The largest absolute Gasteiger partial charge is 0.376 e. The van der Waals surface area contributed by atoms with Crippen LogP contribution in [0.3, 0.4) is 0 Å². The summed E-state index contributed by atoms with van der Waals surface area (Å²) >= 11 is 3.18. The molecule has 4 rings (SSSR count). The van der Waals surface area contributed by atoms with Gasteiger partial charge in [0.15, 0.2) is 10.1 Å². The van der Waals surface area contributed by atoms with Gasteiger partial charge in [0.25, 0.3) is 0 Å². The minimum Gasteiger partial charge on any atom is -0.376 e. The molecule has 26 heavy (non-hydrogen) atoms. The van der Waals surface area contributed by atoms with Crippen molar-refractivity contribution in [2.24, 2.45) is 0 Å². The van der Waals surface area contributed by atoms with E-state index in [2.05, 4.69) is 22.5 Å². The van der Waals surface area contributed by atoms with E-state index in [0.29, 0.717) is 5.75 Å². The second-order valence-electron chi connectivity index (χ2n) is 6.69. The number of para-hydroxylation sites is 1. The number of carbonyl (C=O) groups is 1. The van der Waals surface area contributed by atoms with Crippen LogP contribution in [0, 0.1) is 13.8 Å². The van der Waals surface area contributed by atoms with E-state index in [-0.39, 0.29) is 11.9 Å². The Morgan fingerprint density at radius 1 is 1.38 bits per heavy atom. The van der Waals surface area contributed by atoms with Gasteiger partial charge in [-0.05, 0) is 44.9 Å². The van der Waals surface area contributed by atoms with Crippen LogP contribution in [0.1, 0.15) is 34.6 Å². The molecule has 6 heteroatoms. The van der Waals surface area contributed by atoms with E-state index in [9.17, 15) is 4.79 Å². The Labute approximate surface area is 161 Å². The van der Waals surface area contributed by atoms with Gasteiger partial charge >= 0.3 is 0 Å². The molecule has 0 saturated carbocycles. The minimum atomic E-state index is 0.168. The molecule has 4 nitrogen and oxygen atoms in total. The molecule has 0 aliphatic carbocycles. The van der Waals surface area contributed by atoms with Gasteiger partial charge in [0.2, 0.25) is 0 Å². The molecular weight excluding hydrogens is 364 g/mol. The minimum absolute atomic E-state index is 0.168. The molecule has 0 unspecified atom stereocenters. The van der Waals surface area contributed by atoms with Crippen LogP contribution in [0.2, 0.25) is 0 Å². The molecule has 0 amide bonds. The van der Waals surface area contributed by atoms with Gasteiger partial charge in [-0.3, -0.25) is 4.79 Å². The van der Waals surface area contributed by atoms with Crippen molar-refractivity contribution in [1.82, 2.24) is 9.55 Å². The van der Waals surface area contributed by atoms with E-state index >= 15 is 0 Å². The number of fused-ring (bicyclic) bond motifs is 1. The van der Waals surface area contributed by atoms with Crippen molar-refractivity contribution in [3.63, 3.8) is 0 Å². The molecule has 0 radical (unpaired) electrons. The maximum Gasteiger partial charge on any atom is 0.174 e. The SMILES string of the molecule is Cc1cc(C(=O)CSc2nc3ccccc3s2)c(C)n1C[C@@H]1CCCO1. The monoisotopic (exact) mass is 386 g/mol. The average molecular weight is 387 g/mol. The number of aryl methyl sites for hydroxylation is 1. The van der Waals surface area contributed by atoms with Crippen LogP contribution in [0.25, 0.3) is 10.2 Å². The van der Waals surface area contributed by atoms with E-state index in [1.54, 1.807) is 11.3 Å². The summed E-state index contributed by atoms with van der Waals surface area (Å²) in [5, 5.41) is 0. The zero-order valence-electron chi connectivity index (χ0n) is 15.0. The number of ketones is 1. The number of rotatable bonds is 6. The number of nitrogens with zero attached hydrogens (tertiary/aromatic N) is 2. The Hall–Kier alpha value is -1.63. The molecule has 1 aliphatic heterocycles. The topological polar surface area (TPSA) is 44.1 Å². The quantitative estimate of drug-likeness (QED) is 0.448. The first kappa shape index (κ1) is 17.8. The molecule has 1 saturated heterocycles. The first-order chi connectivity index (χ1) is 12.6. The number of hydrogen-bond donors (Lipinski definition) is 0. The number of Topliss-reactive ketones (excluding diaryl/α,β-unsaturated/α-hetero) is 1. The second kappa shape index (κ2) is 7.55. The third kappa shape index (κ3) is 3.59. The fourth-order valence-corrected chi connectivity index (χ4v) is 5.43. The van der Waals surface area contributed by atoms with Gasteiger partial charge in [-0.15, -0.1) is 11.3 Å². The van der Waals surface area contributed by atoms with Crippen LogP contribution >= 0.6 is 23.1 Å². The van der Waals surface area contributed by atoms with Gasteiger partial charge in [0.1, 0.15) is 0 Å². The maximum atomic E-state index is 12.8. The summed E-state index contributed by atoms with van der Waals surface area (Å²) in [5.74, 6) is 0.588. The van der Waals surface area contributed by atoms with Crippen molar-refractivity contribution in [3.8, 4) is 0 Å². The number of benzene rings is 1. The zero-order chi connectivity index (χ0) is 18.1. The number of thiazole rings is 1. The number of aromatic nitrogens is 2. The molecule has 1 fully saturated rings. The third-order valence-corrected chi connectivity index (χ3v) is 7.06. The predicted molar refractivity (Wildman–Crippen MR) is 108 cm³/mol. The molecule has 1 aromatic carbocycles. The van der Waals surface area contributed by atoms with Crippen LogP contribution in [0.15, 0.2) is 34.7 Å². The Kier molecular flexibility index (Phi) is 5.16. The lowest BCUT2D eigenvalue weighted by Crippen LogP contribution is -2.17. The Morgan fingerprint density at radius 3 is 3.00 bits per heavy atom. The van der Waals surface area contributed by atoms with Crippen molar-refractivity contribution < 1.29 is 9.53 Å². The summed E-state index contributed by atoms with van der Waals surface area (Å²) in [6, 6.07) is 10.1. The smallest absolute Gasteiger partial charge is 0.174 e. The van der Waals surface area contributed by atoms with E-state index in [1.807, 2.05) is 31.2 Å². The highest BCUT2D eigenvalue weighted by Crippen LogP contribution is 2.30. The van der Waals surface area contributed by atoms with E-state index in [1.165, 1.54) is 11.8 Å². The first-order valence-electron chi connectivity index (χ1n) is 8.91. The highest BCUT2D eigenvalue weighted by atomic mass is 32.2. The van der Waals surface area contributed by atoms with Crippen molar-refractivity contribution in [2.75, 3.05) is 12.4 Å². The molecule has 2 aromatic heterocycles. The van der Waals surface area contributed by atoms with Gasteiger partial charge in [0.05, 0.1) is 22.1 Å². The van der Waals surface area contributed by atoms with Gasteiger partial charge < -0.3 is 9.30 Å². The Balaban J connectivity index is 1.45. The van der Waals surface area contributed by atoms with Gasteiger partial charge in [0, 0.05) is 30.1 Å². The molecule has 1 aliphatic rings. The lowest BCUT2D eigenvalue weighted by molar-refractivity contribution is 0.0957. The molecule has 1 atom stereocenters. The third-order valence-electron chi connectivity index (χ3n) is 4.89. The lowest BCUT2D eigenvalue weighted by Gasteiger charge is -2.14. The summed E-state index contributed by atoms with van der Waals surface area (Å²) in [6.45, 7) is 5.81. The highest BCUT2D eigenvalue weighted by Gasteiger charge is 2.21. The predicted octanol–water partition coefficient (Wildman–Crippen LogP) is 4.87. The van der Waals surface area contributed by atoms with Crippen LogP contribution in [0.5, 0.6) is 0 Å². The molecular formula is C20H22N2O2S2. The van der Waals surface area contributed by atoms with Gasteiger partial charge in [-0.2, -0.15) is 0 Å². The molecule has 0 bridgehead atoms. The van der Waals surface area contributed by atoms with Crippen LogP contribution in [0.4, 0.5) is 0 Å². The summed E-state index contributed by atoms with van der Waals surface area (Å²) in [6.07, 6.45) is 2.52. The second-order valence-corrected chi connectivity index (χ2v) is 8.94. The summed E-state index contributed by atoms with van der Waals surface area (Å²) < 4.78 is 10.1. The van der Waals surface area contributed by atoms with Crippen LogP contribution in [-0.4, -0.2) is 33.8 Å². The van der Waals surface area contributed by atoms with Crippen LogP contribution in [-0.2, 0) is 11.3 Å². The van der Waals surface area contributed by atoms with Crippen molar-refractivity contribution in [1.29, 1.82) is 0 Å². The maximum absolute atomic E-state index is 12.8. The van der Waals surface area contributed by atoms with Gasteiger partial charge in [-0.1, -0.05) is 23.9 Å². The number of thioether (sulfide) groups is 1. The summed E-state index contributed by atoms with van der Waals surface area (Å²) in [5.41, 5.74) is 4.01. The Morgan fingerprint density at radius 2 is 2.23 bits per heavy atom. The van der Waals surface area contributed by atoms with Gasteiger partial charge in [-0.25, -0.2) is 4.98 Å². The molecule has 3 heterocycles. The lowest BCUT2D eigenvalue weighted by atomic mass is 10.2.